The predicted octanol–water partition coefficient (Wildman–Crippen LogP) is 2.78. The third kappa shape index (κ3) is 2.79. The van der Waals surface area contributed by atoms with E-state index >= 15 is 0 Å². The summed E-state index contributed by atoms with van der Waals surface area (Å²) in [5.74, 6) is 2.85. The lowest BCUT2D eigenvalue weighted by molar-refractivity contribution is -0.122. The first-order chi connectivity index (χ1) is 11.2. The van der Waals surface area contributed by atoms with E-state index in [1.807, 2.05) is 31.2 Å². The van der Waals surface area contributed by atoms with Crippen molar-refractivity contribution >= 4 is 5.91 Å². The molecule has 5 heteroatoms. The van der Waals surface area contributed by atoms with Crippen LogP contribution in [0.1, 0.15) is 29.2 Å². The molecule has 1 aromatic carbocycles. The summed E-state index contributed by atoms with van der Waals surface area (Å²) in [5, 5.41) is 3.00. The van der Waals surface area contributed by atoms with Gasteiger partial charge in [-0.3, -0.25) is 4.79 Å². The van der Waals surface area contributed by atoms with E-state index < -0.39 is 0 Å². The van der Waals surface area contributed by atoms with Gasteiger partial charge in [-0.15, -0.1) is 0 Å². The van der Waals surface area contributed by atoms with E-state index in [4.69, 9.17) is 13.9 Å². The fraction of sp³-hybridized carbons (Fsp3) is 0.389. The first-order valence-electron chi connectivity index (χ1n) is 7.92. The molecule has 0 saturated heterocycles. The van der Waals surface area contributed by atoms with Crippen LogP contribution < -0.4 is 14.8 Å². The summed E-state index contributed by atoms with van der Waals surface area (Å²) in [7, 11) is 0. The van der Waals surface area contributed by atoms with Crippen molar-refractivity contribution in [1.29, 1.82) is 0 Å². The molecule has 23 heavy (non-hydrogen) atoms. The van der Waals surface area contributed by atoms with Crippen molar-refractivity contribution in [2.24, 2.45) is 5.92 Å². The highest BCUT2D eigenvalue weighted by Crippen LogP contribution is 2.49. The lowest BCUT2D eigenvalue weighted by atomic mass is 10.1. The molecule has 1 N–H and O–H groups in total. The highest BCUT2D eigenvalue weighted by Gasteiger charge is 2.44. The number of hydrogen-bond acceptors (Lipinski definition) is 4. The Kier molecular flexibility index (Phi) is 3.48. The van der Waals surface area contributed by atoms with E-state index in [0.717, 1.165) is 34.8 Å². The van der Waals surface area contributed by atoms with Crippen LogP contribution in [-0.4, -0.2) is 19.1 Å². The zero-order valence-corrected chi connectivity index (χ0v) is 13.0. The van der Waals surface area contributed by atoms with Gasteiger partial charge in [0.05, 0.1) is 6.26 Å². The summed E-state index contributed by atoms with van der Waals surface area (Å²) in [6.07, 6.45) is 2.53. The van der Waals surface area contributed by atoms with Crippen molar-refractivity contribution in [2.45, 2.75) is 25.8 Å². The van der Waals surface area contributed by atoms with Gasteiger partial charge in [0.2, 0.25) is 5.91 Å². The smallest absolute Gasteiger partial charge is 0.224 e. The normalized spacial score (nSPS) is 21.8. The number of aryl methyl sites for hydroxylation is 1. The summed E-state index contributed by atoms with van der Waals surface area (Å²) >= 11 is 0. The monoisotopic (exact) mass is 313 g/mol. The van der Waals surface area contributed by atoms with E-state index in [2.05, 4.69) is 5.32 Å². The van der Waals surface area contributed by atoms with Gasteiger partial charge in [0.25, 0.3) is 0 Å². The molecule has 0 radical (unpaired) electrons. The van der Waals surface area contributed by atoms with Crippen LogP contribution in [0.5, 0.6) is 11.5 Å². The van der Waals surface area contributed by atoms with Crippen LogP contribution in [-0.2, 0) is 11.3 Å². The SMILES string of the molecule is Cc1occc1CNC(=O)[C@@H]1C[C@@H]1c1ccc2c(c1)OCCO2. The highest BCUT2D eigenvalue weighted by atomic mass is 16.6. The van der Waals surface area contributed by atoms with Crippen LogP contribution in [0.25, 0.3) is 0 Å². The fourth-order valence-corrected chi connectivity index (χ4v) is 3.05. The minimum absolute atomic E-state index is 0.0461. The molecule has 1 aliphatic heterocycles. The van der Waals surface area contributed by atoms with Gasteiger partial charge in [0.1, 0.15) is 19.0 Å². The molecule has 2 heterocycles. The van der Waals surface area contributed by atoms with Crippen molar-refractivity contribution in [1.82, 2.24) is 5.32 Å². The maximum absolute atomic E-state index is 12.3. The van der Waals surface area contributed by atoms with Crippen molar-refractivity contribution in [3.05, 3.63) is 47.4 Å². The van der Waals surface area contributed by atoms with E-state index in [-0.39, 0.29) is 17.7 Å². The van der Waals surface area contributed by atoms with Gasteiger partial charge in [-0.05, 0) is 43.0 Å². The Morgan fingerprint density at radius 2 is 2.04 bits per heavy atom. The van der Waals surface area contributed by atoms with E-state index in [1.165, 1.54) is 0 Å². The summed E-state index contributed by atoms with van der Waals surface area (Å²) in [5.41, 5.74) is 2.17. The second-order valence-corrected chi connectivity index (χ2v) is 6.07. The summed E-state index contributed by atoms with van der Waals surface area (Å²) < 4.78 is 16.4. The summed E-state index contributed by atoms with van der Waals surface area (Å²) in [6, 6.07) is 7.87. The molecule has 2 aliphatic rings. The quantitative estimate of drug-likeness (QED) is 0.943. The number of benzene rings is 1. The maximum atomic E-state index is 12.3. The molecule has 1 fully saturated rings. The molecule has 1 saturated carbocycles. The minimum Gasteiger partial charge on any atom is -0.486 e. The summed E-state index contributed by atoms with van der Waals surface area (Å²) in [4.78, 5) is 12.3. The first-order valence-corrected chi connectivity index (χ1v) is 7.92. The Morgan fingerprint density at radius 1 is 1.22 bits per heavy atom. The Hall–Kier alpha value is -2.43. The largest absolute Gasteiger partial charge is 0.486 e. The van der Waals surface area contributed by atoms with Gasteiger partial charge >= 0.3 is 0 Å². The lowest BCUT2D eigenvalue weighted by Gasteiger charge is -2.18. The third-order valence-electron chi connectivity index (χ3n) is 4.54. The van der Waals surface area contributed by atoms with Gasteiger partial charge in [-0.25, -0.2) is 0 Å². The van der Waals surface area contributed by atoms with Gasteiger partial charge in [0.15, 0.2) is 11.5 Å². The number of carbonyl (C=O) groups is 1. The zero-order valence-electron chi connectivity index (χ0n) is 13.0. The second-order valence-electron chi connectivity index (χ2n) is 6.07. The van der Waals surface area contributed by atoms with E-state index in [9.17, 15) is 4.79 Å². The molecular weight excluding hydrogens is 294 g/mol. The molecule has 5 nitrogen and oxygen atoms in total. The third-order valence-corrected chi connectivity index (χ3v) is 4.54. The Morgan fingerprint density at radius 3 is 2.83 bits per heavy atom. The van der Waals surface area contributed by atoms with Crippen molar-refractivity contribution in [3.63, 3.8) is 0 Å². The molecule has 2 aromatic rings. The maximum Gasteiger partial charge on any atom is 0.224 e. The highest BCUT2D eigenvalue weighted by molar-refractivity contribution is 5.83. The Balaban J connectivity index is 1.38. The Bertz CT molecular complexity index is 736. The lowest BCUT2D eigenvalue weighted by Crippen LogP contribution is -2.25. The van der Waals surface area contributed by atoms with E-state index in [0.29, 0.717) is 19.8 Å². The van der Waals surface area contributed by atoms with Gasteiger partial charge in [0, 0.05) is 18.0 Å². The van der Waals surface area contributed by atoms with Gasteiger partial charge in [-0.1, -0.05) is 6.07 Å². The van der Waals surface area contributed by atoms with Crippen molar-refractivity contribution in [3.8, 4) is 11.5 Å². The first kappa shape index (κ1) is 14.2. The number of hydrogen-bond donors (Lipinski definition) is 1. The molecular formula is C18H19NO4. The predicted molar refractivity (Wildman–Crippen MR) is 83.6 cm³/mol. The molecule has 0 bridgehead atoms. The molecule has 0 spiro atoms. The van der Waals surface area contributed by atoms with Crippen LogP contribution >= 0.6 is 0 Å². The van der Waals surface area contributed by atoms with Crippen molar-refractivity contribution in [2.75, 3.05) is 13.2 Å². The van der Waals surface area contributed by atoms with Crippen LogP contribution in [0.2, 0.25) is 0 Å². The summed E-state index contributed by atoms with van der Waals surface area (Å²) in [6.45, 7) is 3.59. The standard InChI is InChI=1S/C18H19NO4/c1-11-13(4-5-21-11)10-19-18(20)15-9-14(15)12-2-3-16-17(8-12)23-7-6-22-16/h2-5,8,14-15H,6-7,9-10H2,1H3,(H,19,20)/t14-,15-/m1/s1. The van der Waals surface area contributed by atoms with Crippen molar-refractivity contribution < 1.29 is 18.7 Å². The molecule has 2 atom stereocenters. The second kappa shape index (κ2) is 5.65. The number of furan rings is 1. The fourth-order valence-electron chi connectivity index (χ4n) is 3.05. The average Bonchev–Trinajstić information content (AvgIpc) is 3.28. The molecule has 1 amide bonds. The molecule has 1 aliphatic carbocycles. The van der Waals surface area contributed by atoms with Crippen LogP contribution in [0.3, 0.4) is 0 Å². The van der Waals surface area contributed by atoms with Gasteiger partial charge in [-0.2, -0.15) is 0 Å². The topological polar surface area (TPSA) is 60.7 Å². The number of amides is 1. The Labute approximate surface area is 134 Å². The number of rotatable bonds is 4. The zero-order chi connectivity index (χ0) is 15.8. The molecule has 120 valence electrons. The number of nitrogens with one attached hydrogen (secondary N) is 1. The molecule has 0 unspecified atom stereocenters. The number of ether oxygens (including phenoxy) is 2. The number of carbonyl (C=O) groups excluding carboxylic acids is 1. The van der Waals surface area contributed by atoms with Gasteiger partial charge < -0.3 is 19.2 Å². The van der Waals surface area contributed by atoms with Crippen LogP contribution in [0.15, 0.2) is 34.9 Å². The van der Waals surface area contributed by atoms with E-state index in [1.54, 1.807) is 6.26 Å². The molecule has 1 aromatic heterocycles. The van der Waals surface area contributed by atoms with Crippen LogP contribution in [0, 0.1) is 12.8 Å². The number of fused-ring (bicyclic) bond motifs is 1. The minimum atomic E-state index is 0.0461. The van der Waals surface area contributed by atoms with Crippen LogP contribution in [0.4, 0.5) is 0 Å². The average molecular weight is 313 g/mol. The molecule has 4 rings (SSSR count).